The molecule has 0 radical (unpaired) electrons. The van der Waals surface area contributed by atoms with E-state index in [0.29, 0.717) is 22.8 Å². The fourth-order valence-electron chi connectivity index (χ4n) is 2.16. The summed E-state index contributed by atoms with van der Waals surface area (Å²) in [5.41, 5.74) is 3.20. The van der Waals surface area contributed by atoms with E-state index in [0.717, 1.165) is 11.3 Å². The Morgan fingerprint density at radius 3 is 2.88 bits per heavy atom. The van der Waals surface area contributed by atoms with Crippen LogP contribution in [0.15, 0.2) is 36.8 Å². The minimum atomic E-state index is -0.874. The van der Waals surface area contributed by atoms with Gasteiger partial charge in [-0.25, -0.2) is 19.9 Å². The van der Waals surface area contributed by atoms with Crippen molar-refractivity contribution in [3.8, 4) is 0 Å². The summed E-state index contributed by atoms with van der Waals surface area (Å²) in [5, 5.41) is 24.4. The minimum absolute atomic E-state index is 0.149. The first-order valence-corrected chi connectivity index (χ1v) is 7.50. The number of fused-ring (bicyclic) bond motifs is 1. The van der Waals surface area contributed by atoms with E-state index in [4.69, 9.17) is 5.11 Å². The van der Waals surface area contributed by atoms with Gasteiger partial charge in [-0.2, -0.15) is 0 Å². The zero-order valence-corrected chi connectivity index (χ0v) is 13.1. The summed E-state index contributed by atoms with van der Waals surface area (Å²) in [6.07, 6.45) is 2.16. The smallest absolute Gasteiger partial charge is 0.223 e. The first kappa shape index (κ1) is 16.0. The lowest BCUT2D eigenvalue weighted by Crippen LogP contribution is -2.23. The summed E-state index contributed by atoms with van der Waals surface area (Å²) >= 11 is 0. The van der Waals surface area contributed by atoms with E-state index < -0.39 is 6.10 Å². The van der Waals surface area contributed by atoms with Gasteiger partial charge in [-0.1, -0.05) is 12.1 Å². The highest BCUT2D eigenvalue weighted by Gasteiger charge is 2.09. The van der Waals surface area contributed by atoms with Crippen LogP contribution in [0, 0.1) is 6.92 Å². The third-order valence-electron chi connectivity index (χ3n) is 3.36. The second kappa shape index (κ2) is 7.16. The van der Waals surface area contributed by atoms with Crippen LogP contribution in [0.2, 0.25) is 0 Å². The molecule has 0 aliphatic rings. The van der Waals surface area contributed by atoms with E-state index in [1.165, 1.54) is 6.33 Å². The number of nitrogens with zero attached hydrogens (tertiary/aromatic N) is 4. The van der Waals surface area contributed by atoms with Gasteiger partial charge in [0.15, 0.2) is 5.82 Å². The van der Waals surface area contributed by atoms with E-state index in [-0.39, 0.29) is 13.2 Å². The van der Waals surface area contributed by atoms with Gasteiger partial charge in [-0.15, -0.1) is 0 Å². The van der Waals surface area contributed by atoms with Crippen LogP contribution in [0.5, 0.6) is 0 Å². The molecule has 3 rings (SSSR count). The van der Waals surface area contributed by atoms with Gasteiger partial charge >= 0.3 is 0 Å². The number of anilines is 3. The first-order valence-electron chi connectivity index (χ1n) is 7.50. The van der Waals surface area contributed by atoms with Crippen molar-refractivity contribution in [2.24, 2.45) is 0 Å². The zero-order valence-electron chi connectivity index (χ0n) is 13.1. The molecule has 0 saturated carbocycles. The van der Waals surface area contributed by atoms with Crippen molar-refractivity contribution < 1.29 is 10.2 Å². The van der Waals surface area contributed by atoms with Crippen molar-refractivity contribution in [1.29, 1.82) is 0 Å². The van der Waals surface area contributed by atoms with Gasteiger partial charge in [0.1, 0.15) is 17.4 Å². The summed E-state index contributed by atoms with van der Waals surface area (Å²) in [6, 6.07) is 7.92. The molecule has 124 valence electrons. The maximum Gasteiger partial charge on any atom is 0.223 e. The summed E-state index contributed by atoms with van der Waals surface area (Å²) in [6.45, 7) is 1.83. The Morgan fingerprint density at radius 2 is 2.08 bits per heavy atom. The Labute approximate surface area is 138 Å². The van der Waals surface area contributed by atoms with Crippen molar-refractivity contribution in [2.45, 2.75) is 13.0 Å². The van der Waals surface area contributed by atoms with Gasteiger partial charge in [0.2, 0.25) is 5.95 Å². The molecule has 0 saturated heterocycles. The largest absolute Gasteiger partial charge is 0.394 e. The minimum Gasteiger partial charge on any atom is -0.394 e. The molecular formula is C16H18N6O2. The molecule has 0 amide bonds. The number of aromatic nitrogens is 4. The SMILES string of the molecule is Cc1cccc(Nc2ncnc3cnc(NCC(O)CO)nc23)c1. The van der Waals surface area contributed by atoms with Gasteiger partial charge in [0, 0.05) is 12.2 Å². The predicted molar refractivity (Wildman–Crippen MR) is 91.2 cm³/mol. The van der Waals surface area contributed by atoms with Crippen LogP contribution in [0.25, 0.3) is 11.0 Å². The van der Waals surface area contributed by atoms with Gasteiger partial charge in [-0.05, 0) is 24.6 Å². The van der Waals surface area contributed by atoms with E-state index in [1.54, 1.807) is 6.20 Å². The number of rotatable bonds is 6. The molecule has 0 bridgehead atoms. The average Bonchev–Trinajstić information content (AvgIpc) is 2.60. The molecule has 2 aromatic heterocycles. The Morgan fingerprint density at radius 1 is 1.21 bits per heavy atom. The second-order valence-corrected chi connectivity index (χ2v) is 5.36. The quantitative estimate of drug-likeness (QED) is 0.534. The second-order valence-electron chi connectivity index (χ2n) is 5.36. The Hall–Kier alpha value is -2.84. The van der Waals surface area contributed by atoms with Crippen LogP contribution in [0.1, 0.15) is 5.56 Å². The van der Waals surface area contributed by atoms with Crippen molar-refractivity contribution in [3.05, 3.63) is 42.4 Å². The number of hydrogen-bond acceptors (Lipinski definition) is 8. The highest BCUT2D eigenvalue weighted by molar-refractivity contribution is 5.87. The number of nitrogens with one attached hydrogen (secondary N) is 2. The molecule has 1 unspecified atom stereocenters. The number of aliphatic hydroxyl groups excluding tert-OH is 2. The molecule has 4 N–H and O–H groups in total. The monoisotopic (exact) mass is 326 g/mol. The summed E-state index contributed by atoms with van der Waals surface area (Å²) in [7, 11) is 0. The number of hydrogen-bond donors (Lipinski definition) is 4. The fourth-order valence-corrected chi connectivity index (χ4v) is 2.16. The molecule has 8 heteroatoms. The van der Waals surface area contributed by atoms with Crippen LogP contribution in [0.4, 0.5) is 17.5 Å². The maximum atomic E-state index is 9.40. The Kier molecular flexibility index (Phi) is 4.78. The van der Waals surface area contributed by atoms with Gasteiger partial charge < -0.3 is 20.8 Å². The van der Waals surface area contributed by atoms with Crippen LogP contribution in [-0.4, -0.2) is 49.4 Å². The molecule has 1 atom stereocenters. The summed E-state index contributed by atoms with van der Waals surface area (Å²) in [4.78, 5) is 17.0. The predicted octanol–water partition coefficient (Wildman–Crippen LogP) is 1.24. The third-order valence-corrected chi connectivity index (χ3v) is 3.36. The van der Waals surface area contributed by atoms with Crippen molar-refractivity contribution in [3.63, 3.8) is 0 Å². The molecule has 24 heavy (non-hydrogen) atoms. The van der Waals surface area contributed by atoms with E-state index >= 15 is 0 Å². The molecule has 8 nitrogen and oxygen atoms in total. The van der Waals surface area contributed by atoms with Gasteiger partial charge in [0.05, 0.1) is 18.9 Å². The molecule has 0 aliphatic heterocycles. The molecule has 3 aromatic rings. The van der Waals surface area contributed by atoms with E-state index in [2.05, 4.69) is 30.6 Å². The molecular weight excluding hydrogens is 308 g/mol. The Balaban J connectivity index is 1.89. The standard InChI is InChI=1S/C16H18N6O2/c1-10-3-2-4-11(5-10)21-15-14-13(19-9-20-15)7-18-16(22-14)17-6-12(24)8-23/h2-5,7,9,12,23-24H,6,8H2,1H3,(H,17,18,22)(H,19,20,21). The number of aliphatic hydroxyl groups is 2. The summed E-state index contributed by atoms with van der Waals surface area (Å²) < 4.78 is 0. The normalized spacial score (nSPS) is 12.1. The van der Waals surface area contributed by atoms with Crippen LogP contribution < -0.4 is 10.6 Å². The lowest BCUT2D eigenvalue weighted by atomic mass is 10.2. The van der Waals surface area contributed by atoms with Crippen LogP contribution in [-0.2, 0) is 0 Å². The maximum absolute atomic E-state index is 9.40. The molecule has 1 aromatic carbocycles. The fraction of sp³-hybridized carbons (Fsp3) is 0.250. The van der Waals surface area contributed by atoms with Gasteiger partial charge in [0.25, 0.3) is 0 Å². The number of benzene rings is 1. The lowest BCUT2D eigenvalue weighted by molar-refractivity contribution is 0.105. The zero-order chi connectivity index (χ0) is 16.9. The highest BCUT2D eigenvalue weighted by atomic mass is 16.3. The van der Waals surface area contributed by atoms with E-state index in [1.807, 2.05) is 31.2 Å². The van der Waals surface area contributed by atoms with Crippen molar-refractivity contribution in [1.82, 2.24) is 19.9 Å². The van der Waals surface area contributed by atoms with Crippen LogP contribution >= 0.6 is 0 Å². The van der Waals surface area contributed by atoms with Crippen LogP contribution in [0.3, 0.4) is 0 Å². The first-order chi connectivity index (χ1) is 11.7. The average molecular weight is 326 g/mol. The highest BCUT2D eigenvalue weighted by Crippen LogP contribution is 2.22. The Bertz CT molecular complexity index is 842. The molecule has 0 fully saturated rings. The van der Waals surface area contributed by atoms with Crippen molar-refractivity contribution >= 4 is 28.5 Å². The molecule has 0 aliphatic carbocycles. The molecule has 2 heterocycles. The van der Waals surface area contributed by atoms with Gasteiger partial charge in [-0.3, -0.25) is 0 Å². The third kappa shape index (κ3) is 3.73. The topological polar surface area (TPSA) is 116 Å². The van der Waals surface area contributed by atoms with E-state index in [9.17, 15) is 5.11 Å². The van der Waals surface area contributed by atoms with Crippen molar-refractivity contribution in [2.75, 3.05) is 23.8 Å². The molecule has 0 spiro atoms. The number of aryl methyl sites for hydroxylation is 1. The summed E-state index contributed by atoms with van der Waals surface area (Å²) in [5.74, 6) is 0.899. The lowest BCUT2D eigenvalue weighted by Gasteiger charge is -2.11.